The Morgan fingerprint density at radius 3 is 1.20 bits per heavy atom. The summed E-state index contributed by atoms with van der Waals surface area (Å²) in [6, 6.07) is -0.949. The van der Waals surface area contributed by atoms with Crippen molar-refractivity contribution in [3.05, 3.63) is 134 Å². The van der Waals surface area contributed by atoms with E-state index in [1.165, 1.54) is 109 Å². The maximum absolute atomic E-state index is 13.3. The number of allylic oxidation sites excluding steroid dienone is 21. The van der Waals surface area contributed by atoms with E-state index in [2.05, 4.69) is 141 Å². The van der Waals surface area contributed by atoms with Crippen LogP contribution in [0.5, 0.6) is 0 Å². The van der Waals surface area contributed by atoms with Crippen molar-refractivity contribution in [1.29, 1.82) is 0 Å². The van der Waals surface area contributed by atoms with Crippen molar-refractivity contribution in [3.63, 3.8) is 0 Å². The monoisotopic (exact) mass is 1290 g/mol. The molecule has 9 N–H and O–H groups in total. The van der Waals surface area contributed by atoms with Gasteiger partial charge >= 0.3 is 0 Å². The van der Waals surface area contributed by atoms with Gasteiger partial charge in [-0.3, -0.25) is 4.79 Å². The highest BCUT2D eigenvalue weighted by Crippen LogP contribution is 2.30. The van der Waals surface area contributed by atoms with Gasteiger partial charge in [-0.25, -0.2) is 0 Å². The van der Waals surface area contributed by atoms with Crippen LogP contribution in [0.3, 0.4) is 0 Å². The van der Waals surface area contributed by atoms with E-state index in [0.717, 1.165) is 116 Å². The summed E-state index contributed by atoms with van der Waals surface area (Å²) in [4.78, 5) is 13.3. The first-order valence-electron chi connectivity index (χ1n) is 36.4. The molecule has 12 unspecified atom stereocenters. The van der Waals surface area contributed by atoms with Gasteiger partial charge < -0.3 is 65.1 Å². The molecule has 0 aromatic heterocycles. The molecule has 1 amide bonds. The van der Waals surface area contributed by atoms with Crippen LogP contribution in [0.25, 0.3) is 0 Å². The highest BCUT2D eigenvalue weighted by Gasteiger charge is 2.51. The molecule has 2 aliphatic rings. The summed E-state index contributed by atoms with van der Waals surface area (Å²) in [5, 5.41) is 87.5. The molecule has 0 radical (unpaired) electrons. The lowest BCUT2D eigenvalue weighted by Crippen LogP contribution is -2.65. The minimum absolute atomic E-state index is 0.252. The number of aliphatic hydroxyl groups is 8. The van der Waals surface area contributed by atoms with E-state index < -0.39 is 86.8 Å². The van der Waals surface area contributed by atoms with Crippen LogP contribution in [-0.4, -0.2) is 140 Å². The molecule has 92 heavy (non-hydrogen) atoms. The Labute approximate surface area is 558 Å². The number of carbonyl (C=O) groups excluding carboxylic acids is 1. The number of amides is 1. The zero-order valence-corrected chi connectivity index (χ0v) is 57.2. The van der Waals surface area contributed by atoms with Gasteiger partial charge in [0.15, 0.2) is 12.6 Å². The molecule has 2 aliphatic heterocycles. The van der Waals surface area contributed by atoms with Crippen molar-refractivity contribution < 1.29 is 64.6 Å². The van der Waals surface area contributed by atoms with Gasteiger partial charge in [0, 0.05) is 6.42 Å². The van der Waals surface area contributed by atoms with Crippen LogP contribution in [-0.2, 0) is 23.7 Å². The van der Waals surface area contributed by atoms with Gasteiger partial charge in [-0.15, -0.1) is 0 Å². The average molecular weight is 1290 g/mol. The molecule has 0 bridgehead atoms. The van der Waals surface area contributed by atoms with E-state index in [-0.39, 0.29) is 18.9 Å². The van der Waals surface area contributed by atoms with E-state index >= 15 is 0 Å². The Kier molecular flexibility index (Phi) is 55.6. The highest BCUT2D eigenvalue weighted by molar-refractivity contribution is 5.76. The predicted octanol–water partition coefficient (Wildman–Crippen LogP) is 15.5. The van der Waals surface area contributed by atoms with Crippen molar-refractivity contribution in [1.82, 2.24) is 5.32 Å². The zero-order valence-electron chi connectivity index (χ0n) is 57.2. The van der Waals surface area contributed by atoms with E-state index in [9.17, 15) is 45.6 Å². The summed E-state index contributed by atoms with van der Waals surface area (Å²) < 4.78 is 22.8. The van der Waals surface area contributed by atoms with Gasteiger partial charge in [0.25, 0.3) is 0 Å². The number of unbranched alkanes of at least 4 members (excludes halogenated alkanes) is 25. The Hall–Kier alpha value is -3.87. The van der Waals surface area contributed by atoms with Crippen molar-refractivity contribution in [3.8, 4) is 0 Å². The lowest BCUT2D eigenvalue weighted by atomic mass is 9.97. The Bertz CT molecular complexity index is 2060. The first-order chi connectivity index (χ1) is 45.1. The number of carbonyl (C=O) groups is 1. The summed E-state index contributed by atoms with van der Waals surface area (Å²) >= 11 is 0. The van der Waals surface area contributed by atoms with Crippen molar-refractivity contribution in [2.45, 2.75) is 331 Å². The van der Waals surface area contributed by atoms with Gasteiger partial charge in [0.1, 0.15) is 48.8 Å². The lowest BCUT2D eigenvalue weighted by Gasteiger charge is -2.46. The molecule has 0 aromatic carbocycles. The molecule has 14 nitrogen and oxygen atoms in total. The van der Waals surface area contributed by atoms with Crippen molar-refractivity contribution in [2.75, 3.05) is 19.8 Å². The van der Waals surface area contributed by atoms with Gasteiger partial charge in [0.05, 0.1) is 32.0 Å². The molecule has 0 aromatic rings. The lowest BCUT2D eigenvalue weighted by molar-refractivity contribution is -0.359. The van der Waals surface area contributed by atoms with E-state index in [1.807, 2.05) is 6.08 Å². The minimum atomic E-state index is -1.80. The minimum Gasteiger partial charge on any atom is -0.394 e. The largest absolute Gasteiger partial charge is 0.394 e. The molecule has 0 spiro atoms. The summed E-state index contributed by atoms with van der Waals surface area (Å²) in [6.07, 6.45) is 73.6. The van der Waals surface area contributed by atoms with Crippen LogP contribution in [0, 0.1) is 0 Å². The molecule has 2 saturated heterocycles. The number of rotatable bonds is 58. The number of hydrogen-bond acceptors (Lipinski definition) is 13. The maximum Gasteiger partial charge on any atom is 0.220 e. The summed E-state index contributed by atoms with van der Waals surface area (Å²) in [5.41, 5.74) is 0. The first kappa shape index (κ1) is 84.2. The van der Waals surface area contributed by atoms with Crippen molar-refractivity contribution >= 4 is 5.91 Å². The quantitative estimate of drug-likeness (QED) is 0.0204. The zero-order chi connectivity index (χ0) is 66.6. The number of hydrogen-bond donors (Lipinski definition) is 9. The molecule has 14 heteroatoms. The van der Waals surface area contributed by atoms with Gasteiger partial charge in [-0.2, -0.15) is 0 Å². The SMILES string of the molecule is CC/C=C\C/C=C\C/C=C\C/C=C\C/C=C\C/C=C\C/C=C\C/C=C\C/C=C\CCCCCCCCCC(=O)NC(COC1OC(CO)C(OC2OC(CO)C(O)C(O)C2O)C(O)C1O)C(O)/C=C/CC/C=C/CCCCCCCCCCCCCCCCCCC. The molecule has 0 saturated carbocycles. The normalized spacial score (nSPS) is 23.5. The number of ether oxygens (including phenoxy) is 4. The second-order valence-corrected chi connectivity index (χ2v) is 25.0. The molecule has 2 heterocycles. The standard InChI is InChI=1S/C78H131NO13/c1-3-5-7-9-11-13-15-17-19-21-23-25-27-28-29-30-31-32-33-34-35-36-37-38-40-42-44-46-48-50-52-54-56-58-60-62-70(83)79-66(65-89-77-75(88)73(86)76(69(64-81)91-77)92-78-74(87)72(85)71(84)68(63-80)90-78)67(82)61-59-57-55-53-51-49-47-45-43-41-39-26-24-22-20-18-16-14-12-10-8-6-4-2/h5,7,11,13,17,19,23,25,28-29,31-32,34-35,37-38,42,44,51,53,59,61,66-69,71-78,80-82,84-88H,3-4,6,8-10,12,14-16,18,20-22,24,26-27,30,33,36,39-41,43,45-50,52,54-58,60,62-65H2,1-2H3,(H,79,83)/b7-5-,13-11-,19-17-,25-23-,29-28-,32-31-,35-34-,38-37-,44-42-,53-51+,61-59+. The smallest absolute Gasteiger partial charge is 0.220 e. The highest BCUT2D eigenvalue weighted by atomic mass is 16.7. The van der Waals surface area contributed by atoms with Crippen LogP contribution in [0.4, 0.5) is 0 Å². The molecular weight excluding hydrogens is 1160 g/mol. The molecular formula is C78H131NO13. The number of nitrogens with one attached hydrogen (secondary N) is 1. The fraction of sp³-hybridized carbons (Fsp3) is 0.705. The molecule has 2 fully saturated rings. The molecule has 0 aliphatic carbocycles. The van der Waals surface area contributed by atoms with E-state index in [4.69, 9.17) is 18.9 Å². The molecule has 12 atom stereocenters. The maximum atomic E-state index is 13.3. The van der Waals surface area contributed by atoms with Gasteiger partial charge in [-0.1, -0.05) is 282 Å². The summed E-state index contributed by atoms with van der Waals surface area (Å²) in [7, 11) is 0. The fourth-order valence-electron chi connectivity index (χ4n) is 11.1. The first-order valence-corrected chi connectivity index (χ1v) is 36.4. The molecule has 2 rings (SSSR count). The molecule has 526 valence electrons. The third kappa shape index (κ3) is 44.0. The third-order valence-corrected chi connectivity index (χ3v) is 16.8. The van der Waals surface area contributed by atoms with E-state index in [0.29, 0.717) is 12.8 Å². The second kappa shape index (κ2) is 60.8. The van der Waals surface area contributed by atoms with E-state index in [1.54, 1.807) is 6.08 Å². The van der Waals surface area contributed by atoms with Crippen molar-refractivity contribution in [2.24, 2.45) is 0 Å². The topological polar surface area (TPSA) is 228 Å². The second-order valence-electron chi connectivity index (χ2n) is 25.0. The van der Waals surface area contributed by atoms with Crippen LogP contribution in [0.1, 0.15) is 258 Å². The van der Waals surface area contributed by atoms with Gasteiger partial charge in [0.2, 0.25) is 5.91 Å². The summed E-state index contributed by atoms with van der Waals surface area (Å²) in [6.45, 7) is 2.67. The van der Waals surface area contributed by atoms with Crippen LogP contribution < -0.4 is 5.32 Å². The number of aliphatic hydroxyl groups excluding tert-OH is 8. The van der Waals surface area contributed by atoms with Crippen LogP contribution >= 0.6 is 0 Å². The van der Waals surface area contributed by atoms with Gasteiger partial charge in [-0.05, 0) is 103 Å². The Balaban J connectivity index is 1.69. The average Bonchev–Trinajstić information content (AvgIpc) is 0.830. The van der Waals surface area contributed by atoms with Crippen LogP contribution in [0.2, 0.25) is 0 Å². The fourth-order valence-corrected chi connectivity index (χ4v) is 11.1. The Morgan fingerprint density at radius 1 is 0.402 bits per heavy atom. The van der Waals surface area contributed by atoms with Crippen LogP contribution in [0.15, 0.2) is 134 Å². The predicted molar refractivity (Wildman–Crippen MR) is 378 cm³/mol. The Morgan fingerprint density at radius 2 is 0.761 bits per heavy atom. The third-order valence-electron chi connectivity index (χ3n) is 16.8. The summed E-state index contributed by atoms with van der Waals surface area (Å²) in [5.74, 6) is -0.264.